The predicted octanol–water partition coefficient (Wildman–Crippen LogP) is 3.80. The number of aromatic nitrogens is 2. The van der Waals surface area contributed by atoms with Crippen molar-refractivity contribution in [1.29, 1.82) is 0 Å². The number of alkyl halides is 1. The van der Waals surface area contributed by atoms with Gasteiger partial charge >= 0.3 is 0 Å². The summed E-state index contributed by atoms with van der Waals surface area (Å²) < 4.78 is 0. The molecule has 1 atom stereocenters. The third-order valence-corrected chi connectivity index (χ3v) is 3.47. The van der Waals surface area contributed by atoms with Gasteiger partial charge in [-0.05, 0) is 17.4 Å². The Labute approximate surface area is 103 Å². The molecule has 3 heteroatoms. The molecule has 1 heterocycles. The number of halogens is 1. The van der Waals surface area contributed by atoms with Crippen LogP contribution in [0.1, 0.15) is 51.9 Å². The highest BCUT2D eigenvalue weighted by atomic mass is 35.5. The van der Waals surface area contributed by atoms with Gasteiger partial charge in [0.1, 0.15) is 6.33 Å². The summed E-state index contributed by atoms with van der Waals surface area (Å²) in [5, 5.41) is 0.0995. The molecule has 90 valence electrons. The van der Waals surface area contributed by atoms with Gasteiger partial charge in [-0.25, -0.2) is 9.97 Å². The van der Waals surface area contributed by atoms with Crippen molar-refractivity contribution in [2.24, 2.45) is 5.41 Å². The van der Waals surface area contributed by atoms with Crippen LogP contribution in [0.15, 0.2) is 12.4 Å². The molecule has 0 aliphatic heterocycles. The van der Waals surface area contributed by atoms with Crippen molar-refractivity contribution in [3.05, 3.63) is 23.8 Å². The third-order valence-electron chi connectivity index (χ3n) is 2.66. The Kier molecular flexibility index (Phi) is 4.31. The molecule has 1 rings (SSSR count). The molecule has 0 aliphatic carbocycles. The number of nitrogens with zero attached hydrogens (tertiary/aromatic N) is 2. The van der Waals surface area contributed by atoms with Gasteiger partial charge in [0.2, 0.25) is 0 Å². The molecular weight excluding hydrogens is 220 g/mol. The van der Waals surface area contributed by atoms with E-state index in [9.17, 15) is 0 Å². The minimum absolute atomic E-state index is 0.0995. The fourth-order valence-electron chi connectivity index (χ4n) is 1.33. The first-order chi connectivity index (χ1) is 7.30. The van der Waals surface area contributed by atoms with E-state index in [1.165, 1.54) is 0 Å². The Balaban J connectivity index is 2.78. The van der Waals surface area contributed by atoms with Crippen molar-refractivity contribution in [3.63, 3.8) is 0 Å². The summed E-state index contributed by atoms with van der Waals surface area (Å²) in [7, 11) is 0. The zero-order chi connectivity index (χ0) is 12.3. The second-order valence-corrected chi connectivity index (χ2v) is 6.15. The van der Waals surface area contributed by atoms with Gasteiger partial charge in [0.15, 0.2) is 0 Å². The summed E-state index contributed by atoms with van der Waals surface area (Å²) in [6.07, 6.45) is 2.43. The van der Waals surface area contributed by atoms with E-state index in [2.05, 4.69) is 50.7 Å². The topological polar surface area (TPSA) is 25.8 Å². The van der Waals surface area contributed by atoms with E-state index in [4.69, 9.17) is 11.6 Å². The summed E-state index contributed by atoms with van der Waals surface area (Å²) in [6, 6.07) is 2.06. The molecule has 0 amide bonds. The van der Waals surface area contributed by atoms with Gasteiger partial charge in [-0.2, -0.15) is 0 Å². The van der Waals surface area contributed by atoms with Crippen LogP contribution >= 0.6 is 11.6 Å². The normalized spacial score (nSPS) is 14.2. The van der Waals surface area contributed by atoms with E-state index in [-0.39, 0.29) is 10.8 Å². The Morgan fingerprint density at radius 3 is 2.38 bits per heavy atom. The summed E-state index contributed by atoms with van der Waals surface area (Å²) in [5.41, 5.74) is 2.22. The lowest BCUT2D eigenvalue weighted by Gasteiger charge is -2.24. The van der Waals surface area contributed by atoms with Gasteiger partial charge < -0.3 is 0 Å². The van der Waals surface area contributed by atoms with E-state index in [1.54, 1.807) is 6.33 Å². The fraction of sp³-hybridized carbons (Fsp3) is 0.692. The lowest BCUT2D eigenvalue weighted by molar-refractivity contribution is 0.384. The van der Waals surface area contributed by atoms with Crippen LogP contribution < -0.4 is 0 Å². The molecule has 1 unspecified atom stereocenters. The van der Waals surface area contributed by atoms with Crippen LogP contribution in [0, 0.1) is 5.41 Å². The molecule has 0 N–H and O–H groups in total. The lowest BCUT2D eigenvalue weighted by atomic mass is 9.89. The highest BCUT2D eigenvalue weighted by Gasteiger charge is 2.23. The van der Waals surface area contributed by atoms with Crippen molar-refractivity contribution >= 4 is 11.6 Å². The average molecular weight is 241 g/mol. The SMILES string of the molecule is CC(C)c1cc(CC(Cl)C(C)(C)C)ncn1. The Morgan fingerprint density at radius 1 is 1.25 bits per heavy atom. The summed E-state index contributed by atoms with van der Waals surface area (Å²) in [6.45, 7) is 10.7. The zero-order valence-corrected chi connectivity index (χ0v) is 11.5. The van der Waals surface area contributed by atoms with Crippen molar-refractivity contribution in [1.82, 2.24) is 9.97 Å². The molecule has 0 bridgehead atoms. The van der Waals surface area contributed by atoms with Crippen LogP contribution in [0.5, 0.6) is 0 Å². The van der Waals surface area contributed by atoms with Crippen LogP contribution in [0.3, 0.4) is 0 Å². The van der Waals surface area contributed by atoms with E-state index >= 15 is 0 Å². The molecule has 2 nitrogen and oxygen atoms in total. The van der Waals surface area contributed by atoms with Crippen LogP contribution in [0.25, 0.3) is 0 Å². The quantitative estimate of drug-likeness (QED) is 0.752. The number of rotatable bonds is 3. The first-order valence-corrected chi connectivity index (χ1v) is 6.19. The van der Waals surface area contributed by atoms with Crippen LogP contribution in [0.2, 0.25) is 0 Å². The molecule has 1 aromatic heterocycles. The molecular formula is C13H21ClN2. The molecule has 0 aliphatic rings. The fourth-order valence-corrected chi connectivity index (χ4v) is 1.49. The molecule has 1 aromatic rings. The zero-order valence-electron chi connectivity index (χ0n) is 10.8. The van der Waals surface area contributed by atoms with Gasteiger partial charge in [0.25, 0.3) is 0 Å². The predicted molar refractivity (Wildman–Crippen MR) is 68.9 cm³/mol. The van der Waals surface area contributed by atoms with Gasteiger partial charge in [-0.1, -0.05) is 34.6 Å². The molecule has 16 heavy (non-hydrogen) atoms. The molecule has 0 saturated heterocycles. The second-order valence-electron chi connectivity index (χ2n) is 5.63. The third kappa shape index (κ3) is 3.75. The maximum atomic E-state index is 6.36. The largest absolute Gasteiger partial charge is 0.241 e. The van der Waals surface area contributed by atoms with Crippen molar-refractivity contribution in [2.45, 2.75) is 52.3 Å². The smallest absolute Gasteiger partial charge is 0.115 e. The molecule has 0 spiro atoms. The number of hydrogen-bond acceptors (Lipinski definition) is 2. The first kappa shape index (κ1) is 13.4. The number of hydrogen-bond donors (Lipinski definition) is 0. The summed E-state index contributed by atoms with van der Waals surface area (Å²) in [4.78, 5) is 8.53. The monoisotopic (exact) mass is 240 g/mol. The average Bonchev–Trinajstić information content (AvgIpc) is 2.16. The van der Waals surface area contributed by atoms with Crippen LogP contribution in [-0.2, 0) is 6.42 Å². The van der Waals surface area contributed by atoms with Crippen molar-refractivity contribution in [3.8, 4) is 0 Å². The maximum absolute atomic E-state index is 6.36. The highest BCUT2D eigenvalue weighted by Crippen LogP contribution is 2.27. The van der Waals surface area contributed by atoms with Crippen molar-refractivity contribution in [2.75, 3.05) is 0 Å². The van der Waals surface area contributed by atoms with E-state index in [0.29, 0.717) is 5.92 Å². The van der Waals surface area contributed by atoms with E-state index < -0.39 is 0 Å². The van der Waals surface area contributed by atoms with E-state index in [0.717, 1.165) is 17.8 Å². The van der Waals surface area contributed by atoms with Gasteiger partial charge in [0.05, 0.1) is 0 Å². The molecule has 0 saturated carbocycles. The second kappa shape index (κ2) is 5.13. The molecule has 0 fully saturated rings. The Morgan fingerprint density at radius 2 is 1.88 bits per heavy atom. The van der Waals surface area contributed by atoms with Crippen molar-refractivity contribution < 1.29 is 0 Å². The van der Waals surface area contributed by atoms with E-state index in [1.807, 2.05) is 0 Å². The lowest BCUT2D eigenvalue weighted by Crippen LogP contribution is -2.23. The van der Waals surface area contributed by atoms with Gasteiger partial charge in [-0.3, -0.25) is 0 Å². The standard InChI is InChI=1S/C13H21ClN2/c1-9(2)11-6-10(15-8-16-11)7-12(14)13(3,4)5/h6,8-9,12H,7H2,1-5H3. The Hall–Kier alpha value is -0.630. The highest BCUT2D eigenvalue weighted by molar-refractivity contribution is 6.21. The summed E-state index contributed by atoms with van der Waals surface area (Å²) >= 11 is 6.36. The molecule has 0 radical (unpaired) electrons. The minimum Gasteiger partial charge on any atom is -0.241 e. The first-order valence-electron chi connectivity index (χ1n) is 5.75. The molecule has 0 aromatic carbocycles. The summed E-state index contributed by atoms with van der Waals surface area (Å²) in [5.74, 6) is 0.435. The van der Waals surface area contributed by atoms with Crippen LogP contribution in [-0.4, -0.2) is 15.3 Å². The maximum Gasteiger partial charge on any atom is 0.115 e. The van der Waals surface area contributed by atoms with Gasteiger partial charge in [-0.15, -0.1) is 11.6 Å². The van der Waals surface area contributed by atoms with Gasteiger partial charge in [0, 0.05) is 23.2 Å². The Bertz CT molecular complexity index is 342. The minimum atomic E-state index is 0.0995. The van der Waals surface area contributed by atoms with Crippen LogP contribution in [0.4, 0.5) is 0 Å².